The van der Waals surface area contributed by atoms with Gasteiger partial charge in [-0.3, -0.25) is 4.79 Å². The quantitative estimate of drug-likeness (QED) is 0.797. The van der Waals surface area contributed by atoms with Crippen LogP contribution in [0.3, 0.4) is 0 Å². The van der Waals surface area contributed by atoms with Crippen LogP contribution in [0.4, 0.5) is 0 Å². The average Bonchev–Trinajstić information content (AvgIpc) is 2.70. The summed E-state index contributed by atoms with van der Waals surface area (Å²) in [6.07, 6.45) is 4.30. The number of rotatable bonds is 4. The van der Waals surface area contributed by atoms with Crippen LogP contribution in [0.1, 0.15) is 39.5 Å². The van der Waals surface area contributed by atoms with Crippen molar-refractivity contribution in [3.63, 3.8) is 0 Å². The van der Waals surface area contributed by atoms with Gasteiger partial charge in [0.05, 0.1) is 5.41 Å². The maximum atomic E-state index is 11.5. The van der Waals surface area contributed by atoms with E-state index in [1.807, 2.05) is 0 Å². The van der Waals surface area contributed by atoms with E-state index in [1.54, 1.807) is 0 Å². The van der Waals surface area contributed by atoms with Crippen LogP contribution in [0.15, 0.2) is 0 Å². The fourth-order valence-electron chi connectivity index (χ4n) is 3.35. The van der Waals surface area contributed by atoms with E-state index in [4.69, 9.17) is 0 Å². The molecular weight excluding hydrogens is 202 g/mol. The Bertz CT molecular complexity index is 277. The van der Waals surface area contributed by atoms with Gasteiger partial charge >= 0.3 is 5.97 Å². The van der Waals surface area contributed by atoms with Crippen LogP contribution in [0.2, 0.25) is 0 Å². The SMILES string of the molecule is CC(C)CCN1C[C@@H]2CCC[C@@]2(C(=O)O)C1. The van der Waals surface area contributed by atoms with E-state index in [-0.39, 0.29) is 0 Å². The van der Waals surface area contributed by atoms with Crippen molar-refractivity contribution in [3.8, 4) is 0 Å². The monoisotopic (exact) mass is 225 g/mol. The predicted octanol–water partition coefficient (Wildman–Crippen LogP) is 2.22. The Morgan fingerprint density at radius 2 is 2.31 bits per heavy atom. The molecule has 1 heterocycles. The third-order valence-electron chi connectivity index (χ3n) is 4.39. The summed E-state index contributed by atoms with van der Waals surface area (Å²) in [5, 5.41) is 9.44. The molecule has 0 amide bonds. The summed E-state index contributed by atoms with van der Waals surface area (Å²) in [6, 6.07) is 0. The average molecular weight is 225 g/mol. The highest BCUT2D eigenvalue weighted by Crippen LogP contribution is 2.48. The molecule has 0 aromatic rings. The summed E-state index contributed by atoms with van der Waals surface area (Å²) in [5.41, 5.74) is -0.392. The minimum absolute atomic E-state index is 0.392. The van der Waals surface area contributed by atoms with E-state index in [0.29, 0.717) is 11.8 Å². The molecule has 0 unspecified atom stereocenters. The van der Waals surface area contributed by atoms with E-state index in [1.165, 1.54) is 6.42 Å². The molecule has 0 aromatic heterocycles. The molecule has 3 nitrogen and oxygen atoms in total. The van der Waals surface area contributed by atoms with Gasteiger partial charge in [0.1, 0.15) is 0 Å². The molecule has 1 N–H and O–H groups in total. The molecular formula is C13H23NO2. The first-order chi connectivity index (χ1) is 7.54. The molecule has 0 spiro atoms. The zero-order valence-corrected chi connectivity index (χ0v) is 10.4. The molecule has 0 radical (unpaired) electrons. The number of carbonyl (C=O) groups is 1. The van der Waals surface area contributed by atoms with Gasteiger partial charge in [-0.2, -0.15) is 0 Å². The Morgan fingerprint density at radius 3 is 2.88 bits per heavy atom. The van der Waals surface area contributed by atoms with Crippen LogP contribution in [-0.4, -0.2) is 35.6 Å². The second-order valence-electron chi connectivity index (χ2n) is 5.97. The van der Waals surface area contributed by atoms with Gasteiger partial charge in [-0.25, -0.2) is 0 Å². The third kappa shape index (κ3) is 1.97. The number of nitrogens with zero attached hydrogens (tertiary/aromatic N) is 1. The Labute approximate surface area is 97.8 Å². The van der Waals surface area contributed by atoms with E-state index < -0.39 is 11.4 Å². The minimum atomic E-state index is -0.554. The summed E-state index contributed by atoms with van der Waals surface area (Å²) in [5.74, 6) is 0.570. The van der Waals surface area contributed by atoms with Crippen LogP contribution >= 0.6 is 0 Å². The highest BCUT2D eigenvalue weighted by atomic mass is 16.4. The molecule has 1 saturated heterocycles. The molecule has 3 heteroatoms. The Hall–Kier alpha value is -0.570. The van der Waals surface area contributed by atoms with Crippen LogP contribution in [0.5, 0.6) is 0 Å². The molecule has 16 heavy (non-hydrogen) atoms. The Balaban J connectivity index is 1.97. The molecule has 2 atom stereocenters. The summed E-state index contributed by atoms with van der Waals surface area (Å²) in [6.45, 7) is 7.33. The minimum Gasteiger partial charge on any atom is -0.481 e. The van der Waals surface area contributed by atoms with Gasteiger partial charge in [-0.15, -0.1) is 0 Å². The first-order valence-electron chi connectivity index (χ1n) is 6.50. The number of likely N-dealkylation sites (tertiary alicyclic amines) is 1. The predicted molar refractivity (Wildman–Crippen MR) is 63.3 cm³/mol. The van der Waals surface area contributed by atoms with Crippen molar-refractivity contribution in [3.05, 3.63) is 0 Å². The second kappa shape index (κ2) is 4.36. The number of hydrogen-bond donors (Lipinski definition) is 1. The lowest BCUT2D eigenvalue weighted by Crippen LogP contribution is -2.36. The smallest absolute Gasteiger partial charge is 0.311 e. The van der Waals surface area contributed by atoms with Gasteiger partial charge in [0, 0.05) is 13.1 Å². The zero-order chi connectivity index (χ0) is 11.8. The zero-order valence-electron chi connectivity index (χ0n) is 10.4. The highest BCUT2D eigenvalue weighted by Gasteiger charge is 2.54. The third-order valence-corrected chi connectivity index (χ3v) is 4.39. The number of carboxylic acids is 1. The van der Waals surface area contributed by atoms with E-state index in [0.717, 1.165) is 38.9 Å². The van der Waals surface area contributed by atoms with Gasteiger partial charge in [0.25, 0.3) is 0 Å². The molecule has 2 rings (SSSR count). The normalized spacial score (nSPS) is 34.6. The van der Waals surface area contributed by atoms with E-state index in [9.17, 15) is 9.90 Å². The molecule has 2 aliphatic rings. The van der Waals surface area contributed by atoms with Crippen molar-refractivity contribution in [1.29, 1.82) is 0 Å². The number of carboxylic acid groups (broad SMARTS) is 1. The van der Waals surface area contributed by atoms with Gasteiger partial charge in [-0.1, -0.05) is 20.3 Å². The molecule has 1 aliphatic carbocycles. The number of aliphatic carboxylic acids is 1. The maximum Gasteiger partial charge on any atom is 0.311 e. The van der Waals surface area contributed by atoms with Crippen LogP contribution in [0.25, 0.3) is 0 Å². The van der Waals surface area contributed by atoms with Crippen molar-refractivity contribution < 1.29 is 9.90 Å². The second-order valence-corrected chi connectivity index (χ2v) is 5.97. The lowest BCUT2D eigenvalue weighted by molar-refractivity contribution is -0.149. The van der Waals surface area contributed by atoms with Gasteiger partial charge in [0.15, 0.2) is 0 Å². The molecule has 0 aromatic carbocycles. The van der Waals surface area contributed by atoms with Crippen molar-refractivity contribution in [1.82, 2.24) is 4.90 Å². The van der Waals surface area contributed by atoms with Crippen molar-refractivity contribution in [2.24, 2.45) is 17.3 Å². The lowest BCUT2D eigenvalue weighted by Gasteiger charge is -2.23. The number of fused-ring (bicyclic) bond motifs is 1. The standard InChI is InChI=1S/C13H23NO2/c1-10(2)5-7-14-8-11-4-3-6-13(11,9-14)12(15)16/h10-11H,3-9H2,1-2H3,(H,15,16)/t11-,13+/m0/s1. The summed E-state index contributed by atoms with van der Waals surface area (Å²) >= 11 is 0. The molecule has 92 valence electrons. The summed E-state index contributed by atoms with van der Waals surface area (Å²) in [7, 11) is 0. The molecule has 1 saturated carbocycles. The van der Waals surface area contributed by atoms with Crippen LogP contribution in [-0.2, 0) is 4.79 Å². The van der Waals surface area contributed by atoms with E-state index in [2.05, 4.69) is 18.7 Å². The lowest BCUT2D eigenvalue weighted by atomic mass is 9.81. The van der Waals surface area contributed by atoms with Crippen LogP contribution in [0, 0.1) is 17.3 Å². The molecule has 1 aliphatic heterocycles. The maximum absolute atomic E-state index is 11.5. The largest absolute Gasteiger partial charge is 0.481 e. The van der Waals surface area contributed by atoms with E-state index >= 15 is 0 Å². The highest BCUT2D eigenvalue weighted by molar-refractivity contribution is 5.76. The Kier molecular flexibility index (Phi) is 3.24. The fourth-order valence-corrected chi connectivity index (χ4v) is 3.35. The van der Waals surface area contributed by atoms with Gasteiger partial charge in [0.2, 0.25) is 0 Å². The Morgan fingerprint density at radius 1 is 1.56 bits per heavy atom. The van der Waals surface area contributed by atoms with Crippen LogP contribution < -0.4 is 0 Å². The molecule has 0 bridgehead atoms. The fraction of sp³-hybridized carbons (Fsp3) is 0.923. The van der Waals surface area contributed by atoms with Crippen molar-refractivity contribution in [2.45, 2.75) is 39.5 Å². The van der Waals surface area contributed by atoms with Gasteiger partial charge < -0.3 is 10.0 Å². The summed E-state index contributed by atoms with van der Waals surface area (Å²) in [4.78, 5) is 13.8. The summed E-state index contributed by atoms with van der Waals surface area (Å²) < 4.78 is 0. The topological polar surface area (TPSA) is 40.5 Å². The first-order valence-corrected chi connectivity index (χ1v) is 6.50. The van der Waals surface area contributed by atoms with Gasteiger partial charge in [-0.05, 0) is 37.6 Å². The van der Waals surface area contributed by atoms with Crippen molar-refractivity contribution >= 4 is 5.97 Å². The molecule has 2 fully saturated rings. The first kappa shape index (κ1) is 11.9. The number of hydrogen-bond acceptors (Lipinski definition) is 2. The van der Waals surface area contributed by atoms with Crippen molar-refractivity contribution in [2.75, 3.05) is 19.6 Å².